The Hall–Kier alpha value is -2.64. The van der Waals surface area contributed by atoms with Gasteiger partial charge in [-0.2, -0.15) is 0 Å². The molecular weight excluding hydrogens is 402 g/mol. The number of amides is 1. The zero-order chi connectivity index (χ0) is 19.8. The van der Waals surface area contributed by atoms with E-state index in [9.17, 15) is 9.59 Å². The number of halogens is 1. The number of nitrogens with one attached hydrogen (secondary N) is 2. The van der Waals surface area contributed by atoms with Crippen molar-refractivity contribution in [3.05, 3.63) is 64.3 Å². The highest BCUT2D eigenvalue weighted by molar-refractivity contribution is 5.97. The van der Waals surface area contributed by atoms with Crippen molar-refractivity contribution in [1.29, 1.82) is 0 Å². The van der Waals surface area contributed by atoms with Gasteiger partial charge < -0.3 is 15.2 Å². The van der Waals surface area contributed by atoms with Crippen LogP contribution in [-0.4, -0.2) is 45.0 Å². The number of nitrogens with zero attached hydrogens (tertiary/aromatic N) is 3. The van der Waals surface area contributed by atoms with Crippen LogP contribution in [0.5, 0.6) is 0 Å². The first kappa shape index (κ1) is 20.6. The van der Waals surface area contributed by atoms with Crippen LogP contribution in [0.2, 0.25) is 0 Å². The number of aromatic amines is 1. The Bertz CT molecular complexity index is 1090. The van der Waals surface area contributed by atoms with E-state index in [0.29, 0.717) is 18.7 Å². The van der Waals surface area contributed by atoms with Gasteiger partial charge in [0.1, 0.15) is 0 Å². The molecule has 158 valence electrons. The Kier molecular flexibility index (Phi) is 5.92. The van der Waals surface area contributed by atoms with E-state index in [1.165, 1.54) is 12.8 Å². The van der Waals surface area contributed by atoms with Gasteiger partial charge in [-0.3, -0.25) is 14.3 Å². The third-order valence-corrected chi connectivity index (χ3v) is 6.23. The summed E-state index contributed by atoms with van der Waals surface area (Å²) in [6.45, 7) is 2.10. The number of benzene rings is 1. The molecule has 1 aliphatic heterocycles. The molecule has 2 fully saturated rings. The first-order valence-corrected chi connectivity index (χ1v) is 10.4. The lowest BCUT2D eigenvalue weighted by Gasteiger charge is -2.36. The summed E-state index contributed by atoms with van der Waals surface area (Å²) in [4.78, 5) is 35.0. The van der Waals surface area contributed by atoms with Gasteiger partial charge in [-0.25, -0.2) is 4.79 Å². The minimum atomic E-state index is -0.0769. The third kappa shape index (κ3) is 3.63. The van der Waals surface area contributed by atoms with Gasteiger partial charge in [0, 0.05) is 43.6 Å². The molecular formula is C22H26ClN5O2. The van der Waals surface area contributed by atoms with Gasteiger partial charge in [-0.1, -0.05) is 18.9 Å². The number of hydrogen-bond donors (Lipinski definition) is 2. The number of fused-ring (bicyclic) bond motifs is 1. The number of hydrogen-bond acceptors (Lipinski definition) is 4. The van der Waals surface area contributed by atoms with E-state index in [4.69, 9.17) is 0 Å². The zero-order valence-corrected chi connectivity index (χ0v) is 17.5. The summed E-state index contributed by atoms with van der Waals surface area (Å²) < 4.78 is 1.87. The zero-order valence-electron chi connectivity index (χ0n) is 16.7. The van der Waals surface area contributed by atoms with Crippen LogP contribution in [0.3, 0.4) is 0 Å². The van der Waals surface area contributed by atoms with Gasteiger partial charge in [0.15, 0.2) is 0 Å². The van der Waals surface area contributed by atoms with Gasteiger partial charge in [0.05, 0.1) is 17.1 Å². The fourth-order valence-corrected chi connectivity index (χ4v) is 4.77. The molecule has 2 aliphatic rings. The maximum atomic E-state index is 13.4. The van der Waals surface area contributed by atoms with Gasteiger partial charge in [-0.15, -0.1) is 12.4 Å². The topological polar surface area (TPSA) is 83.0 Å². The normalized spacial score (nSPS) is 19.7. The SMILES string of the molecule is Cl.O=C(c1ccc2c(c1)[nH]c(=O)n2C1CCCC1)N1CCNCC1c1cccnc1. The average molecular weight is 428 g/mol. The number of carbonyl (C=O) groups is 1. The standard InChI is InChI=1S/C22H25N5O2.ClH/c28-21(26-11-10-24-14-20(26)16-4-3-9-23-13-16)15-7-8-19-18(12-15)25-22(29)27(19)17-5-1-2-6-17;/h3-4,7-9,12-13,17,20,24H,1-2,5-6,10-11,14H2,(H,25,29);1H. The highest BCUT2D eigenvalue weighted by Gasteiger charge is 2.29. The molecule has 1 unspecified atom stereocenters. The number of rotatable bonds is 3. The lowest BCUT2D eigenvalue weighted by molar-refractivity contribution is 0.0634. The van der Waals surface area contributed by atoms with E-state index in [1.54, 1.807) is 6.20 Å². The first-order valence-electron chi connectivity index (χ1n) is 10.4. The summed E-state index contributed by atoms with van der Waals surface area (Å²) >= 11 is 0. The van der Waals surface area contributed by atoms with Crippen LogP contribution in [0, 0.1) is 0 Å². The molecule has 1 amide bonds. The smallest absolute Gasteiger partial charge is 0.326 e. The van der Waals surface area contributed by atoms with Crippen LogP contribution in [0.25, 0.3) is 11.0 Å². The molecule has 1 atom stereocenters. The molecule has 7 nitrogen and oxygen atoms in total. The van der Waals surface area contributed by atoms with E-state index >= 15 is 0 Å². The van der Waals surface area contributed by atoms with Crippen LogP contribution in [0.15, 0.2) is 47.5 Å². The van der Waals surface area contributed by atoms with E-state index in [-0.39, 0.29) is 36.1 Å². The molecule has 2 N–H and O–H groups in total. The number of pyridine rings is 1. The minimum absolute atomic E-state index is 0. The molecule has 0 radical (unpaired) electrons. The summed E-state index contributed by atoms with van der Waals surface area (Å²) in [5.74, 6) is -0.0169. The summed E-state index contributed by atoms with van der Waals surface area (Å²) in [6.07, 6.45) is 7.98. The molecule has 5 rings (SSSR count). The number of aromatic nitrogens is 3. The van der Waals surface area contributed by atoms with Crippen LogP contribution in [0.1, 0.15) is 53.7 Å². The molecule has 1 saturated carbocycles. The fourth-order valence-electron chi connectivity index (χ4n) is 4.77. The highest BCUT2D eigenvalue weighted by Crippen LogP contribution is 2.31. The molecule has 0 bridgehead atoms. The molecule has 0 spiro atoms. The second-order valence-electron chi connectivity index (χ2n) is 7.98. The fraction of sp³-hybridized carbons (Fsp3) is 0.409. The Labute approximate surface area is 180 Å². The van der Waals surface area contributed by atoms with Crippen molar-refractivity contribution in [2.45, 2.75) is 37.8 Å². The van der Waals surface area contributed by atoms with Crippen molar-refractivity contribution in [2.75, 3.05) is 19.6 Å². The molecule has 1 aromatic carbocycles. The van der Waals surface area contributed by atoms with Crippen molar-refractivity contribution in [2.24, 2.45) is 0 Å². The molecule has 1 aliphatic carbocycles. The predicted molar refractivity (Wildman–Crippen MR) is 118 cm³/mol. The lowest BCUT2D eigenvalue weighted by Crippen LogP contribution is -2.48. The quantitative estimate of drug-likeness (QED) is 0.673. The van der Waals surface area contributed by atoms with E-state index < -0.39 is 0 Å². The number of imidazole rings is 1. The second-order valence-corrected chi connectivity index (χ2v) is 7.98. The van der Waals surface area contributed by atoms with Crippen LogP contribution < -0.4 is 11.0 Å². The Balaban J connectivity index is 0.00000218. The van der Waals surface area contributed by atoms with Gasteiger partial charge >= 0.3 is 5.69 Å². The summed E-state index contributed by atoms with van der Waals surface area (Å²) in [6, 6.07) is 9.71. The van der Waals surface area contributed by atoms with Crippen LogP contribution >= 0.6 is 12.4 Å². The largest absolute Gasteiger partial charge is 0.329 e. The number of H-pyrrole nitrogens is 1. The molecule has 3 aromatic rings. The number of piperazine rings is 1. The summed E-state index contributed by atoms with van der Waals surface area (Å²) in [7, 11) is 0. The van der Waals surface area contributed by atoms with Crippen molar-refractivity contribution >= 4 is 29.3 Å². The molecule has 2 aromatic heterocycles. The van der Waals surface area contributed by atoms with Gasteiger partial charge in [0.25, 0.3) is 5.91 Å². The molecule has 30 heavy (non-hydrogen) atoms. The average Bonchev–Trinajstić information content (AvgIpc) is 3.40. The highest BCUT2D eigenvalue weighted by atomic mass is 35.5. The van der Waals surface area contributed by atoms with Crippen molar-refractivity contribution < 1.29 is 4.79 Å². The third-order valence-electron chi connectivity index (χ3n) is 6.23. The van der Waals surface area contributed by atoms with Crippen molar-refractivity contribution in [3.8, 4) is 0 Å². The summed E-state index contributed by atoms with van der Waals surface area (Å²) in [5.41, 5.74) is 3.18. The number of carbonyl (C=O) groups excluding carboxylic acids is 1. The first-order chi connectivity index (χ1) is 14.2. The van der Waals surface area contributed by atoms with E-state index in [0.717, 1.165) is 36.0 Å². The molecule has 3 heterocycles. The molecule has 8 heteroatoms. The van der Waals surface area contributed by atoms with Crippen molar-refractivity contribution in [3.63, 3.8) is 0 Å². The monoisotopic (exact) mass is 427 g/mol. The van der Waals surface area contributed by atoms with E-state index in [1.807, 2.05) is 46.0 Å². The van der Waals surface area contributed by atoms with Crippen LogP contribution in [-0.2, 0) is 0 Å². The second kappa shape index (κ2) is 8.62. The lowest BCUT2D eigenvalue weighted by atomic mass is 10.0. The Morgan fingerprint density at radius 1 is 1.17 bits per heavy atom. The van der Waals surface area contributed by atoms with E-state index in [2.05, 4.69) is 15.3 Å². The predicted octanol–water partition coefficient (Wildman–Crippen LogP) is 3.05. The van der Waals surface area contributed by atoms with Gasteiger partial charge in [-0.05, 0) is 42.7 Å². The minimum Gasteiger partial charge on any atom is -0.329 e. The maximum Gasteiger partial charge on any atom is 0.326 e. The summed E-state index contributed by atoms with van der Waals surface area (Å²) in [5, 5.41) is 3.37. The molecule has 1 saturated heterocycles. The maximum absolute atomic E-state index is 13.4. The van der Waals surface area contributed by atoms with Crippen molar-refractivity contribution in [1.82, 2.24) is 24.8 Å². The Morgan fingerprint density at radius 2 is 2.00 bits per heavy atom. The van der Waals surface area contributed by atoms with Gasteiger partial charge in [0.2, 0.25) is 0 Å². The van der Waals surface area contributed by atoms with Crippen LogP contribution in [0.4, 0.5) is 0 Å². The Morgan fingerprint density at radius 3 is 2.77 bits per heavy atom.